The predicted octanol–water partition coefficient (Wildman–Crippen LogP) is 1.37. The lowest BCUT2D eigenvalue weighted by molar-refractivity contribution is 0.0664. The van der Waals surface area contributed by atoms with Crippen LogP contribution in [0.2, 0.25) is 0 Å². The van der Waals surface area contributed by atoms with Crippen LogP contribution in [-0.2, 0) is 0 Å². The monoisotopic (exact) mass is 353 g/mol. The van der Waals surface area contributed by atoms with E-state index in [1.807, 2.05) is 29.2 Å². The number of nitrogens with one attached hydrogen (secondary N) is 1. The molecule has 1 fully saturated rings. The highest BCUT2D eigenvalue weighted by Gasteiger charge is 2.21. The first-order valence-electron chi connectivity index (χ1n) is 9.00. The fourth-order valence-electron chi connectivity index (χ4n) is 3.25. The normalized spacial score (nSPS) is 21.1. The van der Waals surface area contributed by atoms with Gasteiger partial charge in [0.1, 0.15) is 0 Å². The van der Waals surface area contributed by atoms with E-state index in [1.54, 1.807) is 0 Å². The van der Waals surface area contributed by atoms with Gasteiger partial charge in [-0.2, -0.15) is 4.98 Å². The van der Waals surface area contributed by atoms with Crippen molar-refractivity contribution in [2.45, 2.75) is 5.92 Å². The van der Waals surface area contributed by atoms with Crippen LogP contribution in [-0.4, -0.2) is 72.2 Å². The predicted molar refractivity (Wildman–Crippen MR) is 97.9 cm³/mol. The zero-order valence-corrected chi connectivity index (χ0v) is 14.9. The summed E-state index contributed by atoms with van der Waals surface area (Å²) in [5.74, 6) is 1.36. The zero-order valence-electron chi connectivity index (χ0n) is 14.9. The lowest BCUT2D eigenvalue weighted by atomic mass is 10.1. The number of nitrogens with zero attached hydrogens (tertiary/aromatic N) is 4. The first-order chi connectivity index (χ1) is 12.7. The second-order valence-electron chi connectivity index (χ2n) is 6.82. The number of amides is 1. The van der Waals surface area contributed by atoms with Crippen molar-refractivity contribution in [3.05, 3.63) is 47.9 Å². The fraction of sp³-hybridized carbons (Fsp3) is 0.421. The van der Waals surface area contributed by atoms with E-state index in [4.69, 9.17) is 4.52 Å². The molecule has 3 heterocycles. The third-order valence-corrected chi connectivity index (χ3v) is 4.93. The maximum absolute atomic E-state index is 12.6. The van der Waals surface area contributed by atoms with Crippen molar-refractivity contribution in [2.24, 2.45) is 0 Å². The summed E-state index contributed by atoms with van der Waals surface area (Å²) in [4.78, 5) is 21.3. The Morgan fingerprint density at radius 3 is 2.65 bits per heavy atom. The second kappa shape index (κ2) is 7.39. The standard InChI is InChI=1S/C19H23N5O2/c1-23-9-11-24(12-10-23)19(25)15-6-4-14(5-7-15)17-21-18(26-22-17)16-3-2-8-20-13-16/h2-7,16,20H,8-13H2,1H3. The van der Waals surface area contributed by atoms with Crippen LogP contribution in [0.3, 0.4) is 0 Å². The van der Waals surface area contributed by atoms with Crippen LogP contribution in [0.5, 0.6) is 0 Å². The number of carbonyl (C=O) groups excluding carboxylic acids is 1. The van der Waals surface area contributed by atoms with Gasteiger partial charge in [-0.25, -0.2) is 0 Å². The molecule has 1 aromatic carbocycles. The Hall–Kier alpha value is -2.51. The Morgan fingerprint density at radius 1 is 1.19 bits per heavy atom. The maximum Gasteiger partial charge on any atom is 0.253 e. The minimum Gasteiger partial charge on any atom is -0.338 e. The topological polar surface area (TPSA) is 74.5 Å². The zero-order chi connectivity index (χ0) is 17.9. The molecule has 0 aliphatic carbocycles. The van der Waals surface area contributed by atoms with Crippen LogP contribution in [0.4, 0.5) is 0 Å². The van der Waals surface area contributed by atoms with Crippen molar-refractivity contribution in [3.63, 3.8) is 0 Å². The summed E-state index contributed by atoms with van der Waals surface area (Å²) in [7, 11) is 2.08. The van der Waals surface area contributed by atoms with E-state index in [0.717, 1.165) is 44.8 Å². The van der Waals surface area contributed by atoms with Crippen LogP contribution in [0, 0.1) is 0 Å². The number of aromatic nitrogens is 2. The van der Waals surface area contributed by atoms with Gasteiger partial charge in [0.15, 0.2) is 0 Å². The van der Waals surface area contributed by atoms with Crippen molar-refractivity contribution in [3.8, 4) is 11.4 Å². The molecule has 1 N–H and O–H groups in total. The van der Waals surface area contributed by atoms with Crippen LogP contribution >= 0.6 is 0 Å². The van der Waals surface area contributed by atoms with Crippen molar-refractivity contribution >= 4 is 5.91 Å². The van der Waals surface area contributed by atoms with Gasteiger partial charge in [-0.15, -0.1) is 0 Å². The van der Waals surface area contributed by atoms with Crippen LogP contribution in [0.1, 0.15) is 22.2 Å². The number of hydrogen-bond acceptors (Lipinski definition) is 6. The van der Waals surface area contributed by atoms with E-state index in [2.05, 4.69) is 39.6 Å². The summed E-state index contributed by atoms with van der Waals surface area (Å²) in [6, 6.07) is 7.45. The number of likely N-dealkylation sites (N-methyl/N-ethyl adjacent to an activating group) is 1. The molecular formula is C19H23N5O2. The molecule has 136 valence electrons. The third kappa shape index (κ3) is 3.54. The molecule has 2 aromatic rings. The van der Waals surface area contributed by atoms with Gasteiger partial charge in [0.05, 0.1) is 5.92 Å². The number of carbonyl (C=O) groups is 1. The summed E-state index contributed by atoms with van der Waals surface area (Å²) < 4.78 is 5.41. The Bertz CT molecular complexity index is 791. The lowest BCUT2D eigenvalue weighted by Gasteiger charge is -2.32. The third-order valence-electron chi connectivity index (χ3n) is 4.93. The molecule has 1 atom stereocenters. The van der Waals surface area contributed by atoms with Gasteiger partial charge in [-0.3, -0.25) is 4.79 Å². The second-order valence-corrected chi connectivity index (χ2v) is 6.82. The molecule has 0 radical (unpaired) electrons. The van der Waals surface area contributed by atoms with Gasteiger partial charge in [0.2, 0.25) is 11.7 Å². The molecule has 0 saturated carbocycles. The minimum absolute atomic E-state index is 0.0804. The van der Waals surface area contributed by atoms with Crippen LogP contribution in [0.25, 0.3) is 11.4 Å². The number of rotatable bonds is 3. The summed E-state index contributed by atoms with van der Waals surface area (Å²) in [6.45, 7) is 5.05. The number of benzene rings is 1. The first kappa shape index (κ1) is 16.9. The molecule has 1 saturated heterocycles. The first-order valence-corrected chi connectivity index (χ1v) is 9.00. The largest absolute Gasteiger partial charge is 0.338 e. The molecule has 2 aliphatic rings. The molecule has 26 heavy (non-hydrogen) atoms. The average Bonchev–Trinajstić information content (AvgIpc) is 3.19. The average molecular weight is 353 g/mol. The van der Waals surface area contributed by atoms with Gasteiger partial charge >= 0.3 is 0 Å². The van der Waals surface area contributed by atoms with Gasteiger partial charge in [-0.1, -0.05) is 29.4 Å². The molecule has 7 nitrogen and oxygen atoms in total. The van der Waals surface area contributed by atoms with Crippen molar-refractivity contribution in [1.82, 2.24) is 25.3 Å². The van der Waals surface area contributed by atoms with Gasteiger partial charge in [-0.05, 0) is 19.2 Å². The molecule has 0 bridgehead atoms. The van der Waals surface area contributed by atoms with Crippen molar-refractivity contribution < 1.29 is 9.32 Å². The summed E-state index contributed by atoms with van der Waals surface area (Å²) in [6.07, 6.45) is 4.16. The summed E-state index contributed by atoms with van der Waals surface area (Å²) in [5, 5.41) is 7.36. The van der Waals surface area contributed by atoms with Crippen molar-refractivity contribution in [2.75, 3.05) is 46.3 Å². The highest BCUT2D eigenvalue weighted by Crippen LogP contribution is 2.22. The lowest BCUT2D eigenvalue weighted by Crippen LogP contribution is -2.47. The Kier molecular flexibility index (Phi) is 4.81. The summed E-state index contributed by atoms with van der Waals surface area (Å²) >= 11 is 0. The van der Waals surface area contributed by atoms with E-state index < -0.39 is 0 Å². The molecule has 1 aromatic heterocycles. The highest BCUT2D eigenvalue weighted by atomic mass is 16.5. The van der Waals surface area contributed by atoms with Gasteiger partial charge in [0, 0.05) is 50.4 Å². The Balaban J connectivity index is 1.46. The Morgan fingerprint density at radius 2 is 1.96 bits per heavy atom. The number of hydrogen-bond donors (Lipinski definition) is 1. The van der Waals surface area contributed by atoms with E-state index >= 15 is 0 Å². The van der Waals surface area contributed by atoms with Crippen molar-refractivity contribution in [1.29, 1.82) is 0 Å². The Labute approximate surface area is 152 Å². The van der Waals surface area contributed by atoms with Gasteiger partial charge < -0.3 is 19.6 Å². The molecule has 4 rings (SSSR count). The molecule has 2 aliphatic heterocycles. The molecular weight excluding hydrogens is 330 g/mol. The number of piperazine rings is 1. The smallest absolute Gasteiger partial charge is 0.253 e. The quantitative estimate of drug-likeness (QED) is 0.840. The van der Waals surface area contributed by atoms with E-state index in [-0.39, 0.29) is 11.8 Å². The molecule has 1 unspecified atom stereocenters. The maximum atomic E-state index is 12.6. The minimum atomic E-state index is 0.0804. The van der Waals surface area contributed by atoms with E-state index in [0.29, 0.717) is 17.3 Å². The summed E-state index contributed by atoms with van der Waals surface area (Å²) in [5.41, 5.74) is 1.55. The van der Waals surface area contributed by atoms with E-state index in [1.165, 1.54) is 0 Å². The van der Waals surface area contributed by atoms with Gasteiger partial charge in [0.25, 0.3) is 5.91 Å². The van der Waals surface area contributed by atoms with E-state index in [9.17, 15) is 4.79 Å². The molecule has 7 heteroatoms. The fourth-order valence-corrected chi connectivity index (χ4v) is 3.25. The molecule has 1 amide bonds. The van der Waals surface area contributed by atoms with Crippen LogP contribution in [0.15, 0.2) is 40.9 Å². The van der Waals surface area contributed by atoms with Crippen LogP contribution < -0.4 is 5.32 Å². The highest BCUT2D eigenvalue weighted by molar-refractivity contribution is 5.94. The molecule has 0 spiro atoms. The SMILES string of the molecule is CN1CCN(C(=O)c2ccc(-c3noc(C4C=CCNC4)n3)cc2)CC1.